The molecule has 1 aliphatic heterocycles. The van der Waals surface area contributed by atoms with Crippen LogP contribution in [0.15, 0.2) is 36.9 Å². The predicted octanol–water partition coefficient (Wildman–Crippen LogP) is 1.26. The normalized spacial score (nSPS) is 15.8. The first-order valence-electron chi connectivity index (χ1n) is 7.24. The molecule has 3 heterocycles. The van der Waals surface area contributed by atoms with Crippen LogP contribution in [0.25, 0.3) is 0 Å². The molecule has 6 nitrogen and oxygen atoms in total. The highest BCUT2D eigenvalue weighted by atomic mass is 16.1. The van der Waals surface area contributed by atoms with E-state index in [-0.39, 0.29) is 11.8 Å². The lowest BCUT2D eigenvalue weighted by molar-refractivity contribution is -0.120. The lowest BCUT2D eigenvalue weighted by Gasteiger charge is -2.21. The molecule has 0 unspecified atom stereocenters. The lowest BCUT2D eigenvalue weighted by atomic mass is 9.97. The Balaban J connectivity index is 1.58. The van der Waals surface area contributed by atoms with Crippen molar-refractivity contribution in [2.24, 2.45) is 5.92 Å². The minimum Gasteiger partial charge on any atom is -0.323 e. The minimum absolute atomic E-state index is 0.0972. The summed E-state index contributed by atoms with van der Waals surface area (Å²) in [6, 6.07) is 3.91. The largest absolute Gasteiger partial charge is 0.323 e. The number of nitrogens with zero attached hydrogens (tertiary/aromatic N) is 3. The average molecular weight is 285 g/mol. The number of hydrogen-bond donors (Lipinski definition) is 2. The second-order valence-electron chi connectivity index (χ2n) is 5.30. The van der Waals surface area contributed by atoms with Crippen LogP contribution in [-0.2, 0) is 11.3 Å². The molecule has 0 atom stereocenters. The number of pyridine rings is 1. The van der Waals surface area contributed by atoms with Crippen molar-refractivity contribution in [1.82, 2.24) is 20.1 Å². The molecule has 110 valence electrons. The molecule has 0 radical (unpaired) electrons. The van der Waals surface area contributed by atoms with E-state index in [9.17, 15) is 4.79 Å². The maximum absolute atomic E-state index is 12.2. The highest BCUT2D eigenvalue weighted by Crippen LogP contribution is 2.15. The molecular weight excluding hydrogens is 266 g/mol. The fourth-order valence-electron chi connectivity index (χ4n) is 2.52. The number of rotatable bonds is 4. The van der Waals surface area contributed by atoms with Gasteiger partial charge in [-0.2, -0.15) is 5.10 Å². The average Bonchev–Trinajstić information content (AvgIpc) is 2.96. The van der Waals surface area contributed by atoms with Gasteiger partial charge in [0.2, 0.25) is 5.91 Å². The number of piperidine rings is 1. The summed E-state index contributed by atoms with van der Waals surface area (Å²) < 4.78 is 1.81. The van der Waals surface area contributed by atoms with Crippen LogP contribution in [0.4, 0.5) is 5.69 Å². The Bertz CT molecular complexity index is 589. The highest BCUT2D eigenvalue weighted by Gasteiger charge is 2.21. The molecule has 0 aromatic carbocycles. The van der Waals surface area contributed by atoms with Crippen LogP contribution in [0.3, 0.4) is 0 Å². The van der Waals surface area contributed by atoms with Gasteiger partial charge < -0.3 is 10.6 Å². The molecule has 2 aromatic heterocycles. The molecule has 21 heavy (non-hydrogen) atoms. The van der Waals surface area contributed by atoms with Gasteiger partial charge in [0.25, 0.3) is 0 Å². The number of hydrogen-bond acceptors (Lipinski definition) is 4. The van der Waals surface area contributed by atoms with Crippen molar-refractivity contribution in [3.63, 3.8) is 0 Å². The monoisotopic (exact) mass is 285 g/mol. The van der Waals surface area contributed by atoms with Gasteiger partial charge >= 0.3 is 0 Å². The van der Waals surface area contributed by atoms with Crippen molar-refractivity contribution in [2.75, 3.05) is 18.4 Å². The summed E-state index contributed by atoms with van der Waals surface area (Å²) in [5, 5.41) is 10.5. The number of carbonyl (C=O) groups excluding carboxylic acids is 1. The predicted molar refractivity (Wildman–Crippen MR) is 79.8 cm³/mol. The number of nitrogens with one attached hydrogen (secondary N) is 2. The van der Waals surface area contributed by atoms with Gasteiger partial charge in [-0.15, -0.1) is 0 Å². The molecule has 3 rings (SSSR count). The third kappa shape index (κ3) is 3.66. The Hall–Kier alpha value is -2.21. The molecule has 0 saturated carbocycles. The zero-order valence-corrected chi connectivity index (χ0v) is 11.8. The summed E-state index contributed by atoms with van der Waals surface area (Å²) in [6.45, 7) is 2.50. The molecule has 0 bridgehead atoms. The molecule has 1 saturated heterocycles. The minimum atomic E-state index is 0.0972. The third-order valence-corrected chi connectivity index (χ3v) is 3.70. The van der Waals surface area contributed by atoms with E-state index in [0.717, 1.165) is 37.2 Å². The van der Waals surface area contributed by atoms with Gasteiger partial charge in [-0.05, 0) is 43.6 Å². The first-order valence-corrected chi connectivity index (χ1v) is 7.24. The summed E-state index contributed by atoms with van der Waals surface area (Å²) in [4.78, 5) is 16.1. The van der Waals surface area contributed by atoms with E-state index in [1.807, 2.05) is 23.0 Å². The van der Waals surface area contributed by atoms with Gasteiger partial charge in [0.1, 0.15) is 0 Å². The highest BCUT2D eigenvalue weighted by molar-refractivity contribution is 5.92. The third-order valence-electron chi connectivity index (χ3n) is 3.70. The van der Waals surface area contributed by atoms with Crippen LogP contribution in [0, 0.1) is 5.92 Å². The summed E-state index contributed by atoms with van der Waals surface area (Å²) in [5.74, 6) is 0.203. The number of amides is 1. The van der Waals surface area contributed by atoms with E-state index >= 15 is 0 Å². The van der Waals surface area contributed by atoms with E-state index in [1.54, 1.807) is 18.6 Å². The number of anilines is 1. The number of carbonyl (C=O) groups is 1. The standard InChI is InChI=1S/C15H19N5O/c21-15(13-3-7-17-8-4-13)19-14-9-18-20(11-14)10-12-1-5-16-6-2-12/h1-2,5-6,9,11,13,17H,3-4,7-8,10H2,(H,19,21). The number of aromatic nitrogens is 3. The van der Waals surface area contributed by atoms with Crippen molar-refractivity contribution in [2.45, 2.75) is 19.4 Å². The summed E-state index contributed by atoms with van der Waals surface area (Å²) >= 11 is 0. The van der Waals surface area contributed by atoms with Gasteiger partial charge in [-0.25, -0.2) is 0 Å². The van der Waals surface area contributed by atoms with E-state index in [2.05, 4.69) is 20.7 Å². The van der Waals surface area contributed by atoms with Crippen molar-refractivity contribution < 1.29 is 4.79 Å². The fourth-order valence-corrected chi connectivity index (χ4v) is 2.52. The second kappa shape index (κ2) is 6.49. The van der Waals surface area contributed by atoms with Crippen LogP contribution in [-0.4, -0.2) is 33.8 Å². The summed E-state index contributed by atoms with van der Waals surface area (Å²) in [6.07, 6.45) is 8.88. The van der Waals surface area contributed by atoms with Gasteiger partial charge in [0, 0.05) is 24.5 Å². The molecule has 1 fully saturated rings. The van der Waals surface area contributed by atoms with Crippen LogP contribution in [0.5, 0.6) is 0 Å². The SMILES string of the molecule is O=C(Nc1cnn(Cc2ccncc2)c1)C1CCNCC1. The van der Waals surface area contributed by atoms with Gasteiger partial charge in [0.15, 0.2) is 0 Å². The first kappa shape index (κ1) is 13.8. The van der Waals surface area contributed by atoms with Crippen LogP contribution in [0.2, 0.25) is 0 Å². The molecule has 1 amide bonds. The van der Waals surface area contributed by atoms with Gasteiger partial charge in [-0.3, -0.25) is 14.5 Å². The topological polar surface area (TPSA) is 71.8 Å². The maximum atomic E-state index is 12.2. The molecule has 0 aliphatic carbocycles. The molecule has 2 aromatic rings. The zero-order valence-electron chi connectivity index (χ0n) is 11.8. The Kier molecular flexibility index (Phi) is 4.25. The molecular formula is C15H19N5O. The smallest absolute Gasteiger partial charge is 0.227 e. The van der Waals surface area contributed by atoms with Crippen LogP contribution >= 0.6 is 0 Å². The molecule has 0 spiro atoms. The quantitative estimate of drug-likeness (QED) is 0.887. The van der Waals surface area contributed by atoms with E-state index < -0.39 is 0 Å². The van der Waals surface area contributed by atoms with Crippen molar-refractivity contribution in [1.29, 1.82) is 0 Å². The zero-order chi connectivity index (χ0) is 14.5. The second-order valence-corrected chi connectivity index (χ2v) is 5.30. The first-order chi connectivity index (χ1) is 10.3. The fraction of sp³-hybridized carbons (Fsp3) is 0.400. The Morgan fingerprint density at radius 1 is 1.33 bits per heavy atom. The maximum Gasteiger partial charge on any atom is 0.227 e. The van der Waals surface area contributed by atoms with Crippen LogP contribution in [0.1, 0.15) is 18.4 Å². The molecule has 6 heteroatoms. The molecule has 1 aliphatic rings. The van der Waals surface area contributed by atoms with Gasteiger partial charge in [-0.1, -0.05) is 0 Å². The van der Waals surface area contributed by atoms with Crippen LogP contribution < -0.4 is 10.6 Å². The summed E-state index contributed by atoms with van der Waals surface area (Å²) in [5.41, 5.74) is 1.89. The Labute approximate surface area is 123 Å². The Morgan fingerprint density at radius 2 is 2.10 bits per heavy atom. The van der Waals surface area contributed by atoms with E-state index in [0.29, 0.717) is 6.54 Å². The van der Waals surface area contributed by atoms with Crippen molar-refractivity contribution in [3.05, 3.63) is 42.5 Å². The van der Waals surface area contributed by atoms with Gasteiger partial charge in [0.05, 0.1) is 18.4 Å². The van der Waals surface area contributed by atoms with E-state index in [1.165, 1.54) is 0 Å². The summed E-state index contributed by atoms with van der Waals surface area (Å²) in [7, 11) is 0. The van der Waals surface area contributed by atoms with Crippen molar-refractivity contribution in [3.8, 4) is 0 Å². The lowest BCUT2D eigenvalue weighted by Crippen LogP contribution is -2.34. The van der Waals surface area contributed by atoms with Crippen molar-refractivity contribution >= 4 is 11.6 Å². The molecule has 2 N–H and O–H groups in total. The Morgan fingerprint density at radius 3 is 2.86 bits per heavy atom. The van der Waals surface area contributed by atoms with E-state index in [4.69, 9.17) is 0 Å².